The van der Waals surface area contributed by atoms with Gasteiger partial charge in [0.05, 0.1) is 21.4 Å². The van der Waals surface area contributed by atoms with Crippen molar-refractivity contribution in [2.24, 2.45) is 0 Å². The number of fused-ring (bicyclic) bond motifs is 2. The molecular weight excluding hydrogens is 382 g/mol. The van der Waals surface area contributed by atoms with E-state index in [0.717, 1.165) is 17.0 Å². The lowest BCUT2D eigenvalue weighted by Crippen LogP contribution is -2.49. The highest BCUT2D eigenvalue weighted by atomic mass is 32.2. The summed E-state index contributed by atoms with van der Waals surface area (Å²) >= 11 is 0. The van der Waals surface area contributed by atoms with Gasteiger partial charge in [0.25, 0.3) is 0 Å². The molecule has 2 aromatic heterocycles. The Morgan fingerprint density at radius 2 is 1.75 bits per heavy atom. The maximum atomic E-state index is 13.0. The van der Waals surface area contributed by atoms with Crippen molar-refractivity contribution in [2.45, 2.75) is 4.90 Å². The lowest BCUT2D eigenvalue weighted by molar-refractivity contribution is 0.383. The van der Waals surface area contributed by atoms with Gasteiger partial charge in [-0.15, -0.1) is 0 Å². The average molecular weight is 399 g/mol. The number of hydrogen-bond donors (Lipinski definition) is 2. The summed E-state index contributed by atoms with van der Waals surface area (Å²) in [4.78, 5) is 23.8. The van der Waals surface area contributed by atoms with Crippen molar-refractivity contribution in [3.63, 3.8) is 0 Å². The van der Waals surface area contributed by atoms with Crippen LogP contribution in [0.5, 0.6) is 0 Å². The lowest BCUT2D eigenvalue weighted by atomic mass is 10.3. The normalized spacial score (nSPS) is 16.2. The number of hydrogen-bond acceptors (Lipinski definition) is 6. The summed E-state index contributed by atoms with van der Waals surface area (Å²) in [6.07, 6.45) is 0. The van der Waals surface area contributed by atoms with E-state index in [1.165, 1.54) is 22.5 Å². The molecule has 9 nitrogen and oxygen atoms in total. The van der Waals surface area contributed by atoms with Crippen LogP contribution in [-0.2, 0) is 10.0 Å². The number of para-hydroxylation sites is 2. The van der Waals surface area contributed by atoms with Crippen LogP contribution in [0.4, 0.5) is 5.95 Å². The van der Waals surface area contributed by atoms with Crippen molar-refractivity contribution in [1.82, 2.24) is 19.3 Å². The van der Waals surface area contributed by atoms with Gasteiger partial charge >= 0.3 is 5.76 Å². The van der Waals surface area contributed by atoms with Gasteiger partial charge < -0.3 is 14.3 Å². The minimum Gasteiger partial charge on any atom is -0.408 e. The first-order valence-electron chi connectivity index (χ1n) is 8.83. The van der Waals surface area contributed by atoms with E-state index in [1.54, 1.807) is 0 Å². The second kappa shape index (κ2) is 6.21. The molecule has 0 bridgehead atoms. The smallest absolute Gasteiger partial charge is 0.408 e. The molecule has 5 rings (SSSR count). The van der Waals surface area contributed by atoms with Crippen LogP contribution in [0.25, 0.3) is 22.1 Å². The Labute approximate surface area is 159 Å². The van der Waals surface area contributed by atoms with E-state index >= 15 is 0 Å². The third kappa shape index (κ3) is 2.77. The Morgan fingerprint density at radius 3 is 2.54 bits per heavy atom. The second-order valence-electron chi connectivity index (χ2n) is 6.64. The van der Waals surface area contributed by atoms with Crippen LogP contribution in [0, 0.1) is 0 Å². The van der Waals surface area contributed by atoms with Crippen LogP contribution in [0.2, 0.25) is 0 Å². The number of aromatic nitrogens is 3. The van der Waals surface area contributed by atoms with E-state index in [0.29, 0.717) is 37.3 Å². The zero-order valence-corrected chi connectivity index (χ0v) is 15.6. The van der Waals surface area contributed by atoms with Crippen LogP contribution < -0.4 is 10.7 Å². The highest BCUT2D eigenvalue weighted by Gasteiger charge is 2.29. The van der Waals surface area contributed by atoms with Crippen molar-refractivity contribution < 1.29 is 12.8 Å². The number of aromatic amines is 2. The Bertz CT molecular complexity index is 1300. The lowest BCUT2D eigenvalue weighted by Gasteiger charge is -2.33. The minimum absolute atomic E-state index is 0.134. The molecule has 2 aromatic carbocycles. The fourth-order valence-electron chi connectivity index (χ4n) is 3.47. The molecule has 2 N–H and O–H groups in total. The largest absolute Gasteiger partial charge is 0.417 e. The molecule has 144 valence electrons. The molecule has 4 aromatic rings. The molecule has 1 aliphatic rings. The van der Waals surface area contributed by atoms with Gasteiger partial charge in [-0.3, -0.25) is 4.98 Å². The second-order valence-corrected chi connectivity index (χ2v) is 8.58. The van der Waals surface area contributed by atoms with Gasteiger partial charge in [0.2, 0.25) is 16.0 Å². The van der Waals surface area contributed by atoms with E-state index in [4.69, 9.17) is 4.42 Å². The average Bonchev–Trinajstić information content (AvgIpc) is 3.29. The van der Waals surface area contributed by atoms with Crippen LogP contribution in [0.15, 0.2) is 56.6 Å². The Hall–Kier alpha value is -3.11. The van der Waals surface area contributed by atoms with Crippen LogP contribution >= 0.6 is 0 Å². The quantitative estimate of drug-likeness (QED) is 0.540. The van der Waals surface area contributed by atoms with Crippen LogP contribution in [0.3, 0.4) is 0 Å². The van der Waals surface area contributed by atoms with Gasteiger partial charge in [0, 0.05) is 26.2 Å². The van der Waals surface area contributed by atoms with E-state index in [1.807, 2.05) is 29.2 Å². The molecule has 1 fully saturated rings. The summed E-state index contributed by atoms with van der Waals surface area (Å²) in [6.45, 7) is 1.76. The number of benzene rings is 2. The molecular formula is C18H17N5O4S. The molecule has 0 atom stereocenters. The van der Waals surface area contributed by atoms with Crippen molar-refractivity contribution in [1.29, 1.82) is 0 Å². The summed E-state index contributed by atoms with van der Waals surface area (Å²) in [5.41, 5.74) is 2.54. The number of rotatable bonds is 3. The van der Waals surface area contributed by atoms with Crippen LogP contribution in [0.1, 0.15) is 0 Å². The minimum atomic E-state index is -3.66. The van der Waals surface area contributed by atoms with Gasteiger partial charge in [-0.05, 0) is 30.3 Å². The molecule has 1 saturated heterocycles. The third-order valence-electron chi connectivity index (χ3n) is 4.94. The maximum absolute atomic E-state index is 13.0. The van der Waals surface area contributed by atoms with Gasteiger partial charge in [-0.1, -0.05) is 12.1 Å². The molecule has 1 aliphatic heterocycles. The van der Waals surface area contributed by atoms with E-state index in [-0.39, 0.29) is 4.90 Å². The van der Waals surface area contributed by atoms with Gasteiger partial charge in [0.15, 0.2) is 5.58 Å². The van der Waals surface area contributed by atoms with Gasteiger partial charge in [-0.2, -0.15) is 4.31 Å². The topological polar surface area (TPSA) is 115 Å². The first-order valence-corrected chi connectivity index (χ1v) is 10.3. The van der Waals surface area contributed by atoms with Gasteiger partial charge in [-0.25, -0.2) is 18.2 Å². The summed E-state index contributed by atoms with van der Waals surface area (Å²) in [6, 6.07) is 12.2. The molecule has 0 unspecified atom stereocenters. The summed E-state index contributed by atoms with van der Waals surface area (Å²) < 4.78 is 32.3. The van der Waals surface area contributed by atoms with Crippen molar-refractivity contribution in [3.8, 4) is 0 Å². The molecule has 10 heteroatoms. The van der Waals surface area contributed by atoms with E-state index < -0.39 is 15.8 Å². The number of H-pyrrole nitrogens is 2. The summed E-state index contributed by atoms with van der Waals surface area (Å²) in [5, 5.41) is 0. The number of sulfonamides is 1. The predicted octanol–water partition coefficient (Wildman–Crippen LogP) is 1.51. The van der Waals surface area contributed by atoms with E-state index in [2.05, 4.69) is 15.0 Å². The Balaban J connectivity index is 1.36. The number of anilines is 1. The summed E-state index contributed by atoms with van der Waals surface area (Å²) in [7, 11) is -3.66. The van der Waals surface area contributed by atoms with Crippen molar-refractivity contribution in [3.05, 3.63) is 53.0 Å². The molecule has 0 radical (unpaired) electrons. The Morgan fingerprint density at radius 1 is 0.964 bits per heavy atom. The predicted molar refractivity (Wildman–Crippen MR) is 104 cm³/mol. The fraction of sp³-hybridized carbons (Fsp3) is 0.222. The fourth-order valence-corrected chi connectivity index (χ4v) is 4.92. The Kier molecular flexibility index (Phi) is 3.78. The number of imidazole rings is 1. The highest BCUT2D eigenvalue weighted by Crippen LogP contribution is 2.23. The zero-order chi connectivity index (χ0) is 19.3. The standard InChI is InChI=1S/C18H17N5O4S/c24-18-21-15-11-12(5-6-16(15)27-18)28(25,26)23-9-7-22(8-10-23)17-19-13-3-1-2-4-14(13)20-17/h1-6,11H,7-10H2,(H,19,20)(H,21,24). The van der Waals surface area contributed by atoms with Crippen molar-refractivity contribution in [2.75, 3.05) is 31.1 Å². The highest BCUT2D eigenvalue weighted by molar-refractivity contribution is 7.89. The molecule has 0 aliphatic carbocycles. The monoisotopic (exact) mass is 399 g/mol. The molecule has 0 amide bonds. The number of nitrogens with zero attached hydrogens (tertiary/aromatic N) is 3. The molecule has 28 heavy (non-hydrogen) atoms. The maximum Gasteiger partial charge on any atom is 0.417 e. The molecule has 3 heterocycles. The first-order chi connectivity index (χ1) is 13.5. The first kappa shape index (κ1) is 17.0. The third-order valence-corrected chi connectivity index (χ3v) is 6.84. The summed E-state index contributed by atoms with van der Waals surface area (Å²) in [5.74, 6) is 0.139. The van der Waals surface area contributed by atoms with Gasteiger partial charge in [0.1, 0.15) is 0 Å². The number of piperazine rings is 1. The molecule has 0 spiro atoms. The SMILES string of the molecule is O=c1[nH]c2cc(S(=O)(=O)N3CCN(c4nc5ccccc5[nH]4)CC3)ccc2o1. The zero-order valence-electron chi connectivity index (χ0n) is 14.8. The number of oxazole rings is 1. The molecule has 0 saturated carbocycles. The van der Waals surface area contributed by atoms with E-state index in [9.17, 15) is 13.2 Å². The number of nitrogens with one attached hydrogen (secondary N) is 2. The van der Waals surface area contributed by atoms with Crippen LogP contribution in [-0.4, -0.2) is 53.9 Å². The van der Waals surface area contributed by atoms with Crippen molar-refractivity contribution >= 4 is 38.1 Å².